The van der Waals surface area contributed by atoms with Crippen molar-refractivity contribution in [3.8, 4) is 0 Å². The van der Waals surface area contributed by atoms with Crippen LogP contribution in [-0.2, 0) is 9.53 Å². The van der Waals surface area contributed by atoms with Crippen LogP contribution in [0.15, 0.2) is 30.3 Å². The fourth-order valence-corrected chi connectivity index (χ4v) is 3.05. The van der Waals surface area contributed by atoms with Gasteiger partial charge in [-0.2, -0.15) is 0 Å². The van der Waals surface area contributed by atoms with Gasteiger partial charge >= 0.3 is 12.0 Å². The summed E-state index contributed by atoms with van der Waals surface area (Å²) in [6, 6.07) is 8.42. The molecule has 0 radical (unpaired) electrons. The number of nitrogens with one attached hydrogen (secondary N) is 1. The van der Waals surface area contributed by atoms with Crippen molar-refractivity contribution in [3.05, 3.63) is 30.3 Å². The zero-order valence-corrected chi connectivity index (χ0v) is 11.6. The molecule has 1 aromatic carbocycles. The number of carbonyl (C=O) groups excluding carboxylic acids is 1. The average molecular weight is 290 g/mol. The van der Waals surface area contributed by atoms with Gasteiger partial charge in [0.15, 0.2) is 0 Å². The molecule has 0 saturated carbocycles. The van der Waals surface area contributed by atoms with Gasteiger partial charge in [0, 0.05) is 5.69 Å². The van der Waals surface area contributed by atoms with Crippen molar-refractivity contribution in [2.75, 3.05) is 11.4 Å². The van der Waals surface area contributed by atoms with E-state index in [0.29, 0.717) is 5.69 Å². The van der Waals surface area contributed by atoms with Crippen molar-refractivity contribution < 1.29 is 19.4 Å². The average Bonchev–Trinajstić information content (AvgIpc) is 3.08. The highest BCUT2D eigenvalue weighted by atomic mass is 16.5. The van der Waals surface area contributed by atoms with Crippen LogP contribution in [0, 0.1) is 0 Å². The number of hydrogen-bond donors (Lipinski definition) is 2. The maximum Gasteiger partial charge on any atom is 0.323 e. The van der Waals surface area contributed by atoms with Crippen LogP contribution < -0.4 is 10.2 Å². The fraction of sp³-hybridized carbons (Fsp3) is 0.467. The summed E-state index contributed by atoms with van der Waals surface area (Å²) in [5.41, 5.74) is 0.571. The topological polar surface area (TPSA) is 78.9 Å². The first-order valence-corrected chi connectivity index (χ1v) is 7.14. The number of carbonyl (C=O) groups is 2. The molecule has 21 heavy (non-hydrogen) atoms. The van der Waals surface area contributed by atoms with E-state index in [9.17, 15) is 9.59 Å². The number of carboxylic acids is 1. The number of hydrogen-bond acceptors (Lipinski definition) is 3. The molecule has 2 aliphatic rings. The van der Waals surface area contributed by atoms with Crippen LogP contribution in [0.3, 0.4) is 0 Å². The van der Waals surface area contributed by atoms with E-state index in [1.165, 1.54) is 4.90 Å². The summed E-state index contributed by atoms with van der Waals surface area (Å²) in [7, 11) is 0. The SMILES string of the molecule is O=C(O)CN(C(=O)NC1CC2CCC1O2)c1ccccc1. The normalized spacial score (nSPS) is 26.6. The number of nitrogens with zero attached hydrogens (tertiary/aromatic N) is 1. The molecule has 2 N–H and O–H groups in total. The standard InChI is InChI=1S/C15H18N2O4/c18-14(19)9-17(10-4-2-1-3-5-10)15(20)16-12-8-11-6-7-13(12)21-11/h1-5,11-13H,6-9H2,(H,16,20)(H,18,19). The summed E-state index contributed by atoms with van der Waals surface area (Å²) in [6.45, 7) is -0.364. The van der Waals surface area contributed by atoms with E-state index in [1.54, 1.807) is 24.3 Å². The molecular weight excluding hydrogens is 272 g/mol. The zero-order chi connectivity index (χ0) is 14.8. The van der Waals surface area contributed by atoms with Gasteiger partial charge in [0.25, 0.3) is 0 Å². The maximum atomic E-state index is 12.4. The van der Waals surface area contributed by atoms with E-state index in [2.05, 4.69) is 5.32 Å². The van der Waals surface area contributed by atoms with E-state index in [0.717, 1.165) is 19.3 Å². The summed E-state index contributed by atoms with van der Waals surface area (Å²) >= 11 is 0. The Hall–Kier alpha value is -2.08. The minimum atomic E-state index is -1.04. The fourth-order valence-electron chi connectivity index (χ4n) is 3.05. The molecular formula is C15H18N2O4. The molecule has 2 heterocycles. The van der Waals surface area contributed by atoms with Crippen LogP contribution >= 0.6 is 0 Å². The Balaban J connectivity index is 1.70. The van der Waals surface area contributed by atoms with Crippen LogP contribution in [0.4, 0.5) is 10.5 Å². The van der Waals surface area contributed by atoms with Crippen molar-refractivity contribution in [1.29, 1.82) is 0 Å². The number of carboxylic acid groups (broad SMARTS) is 1. The van der Waals surface area contributed by atoms with E-state index in [4.69, 9.17) is 9.84 Å². The molecule has 3 atom stereocenters. The van der Waals surface area contributed by atoms with Crippen LogP contribution in [0.2, 0.25) is 0 Å². The summed E-state index contributed by atoms with van der Waals surface area (Å²) in [4.78, 5) is 24.7. The molecule has 6 nitrogen and oxygen atoms in total. The van der Waals surface area contributed by atoms with Gasteiger partial charge in [-0.1, -0.05) is 18.2 Å². The van der Waals surface area contributed by atoms with Gasteiger partial charge in [0.05, 0.1) is 18.2 Å². The molecule has 2 amide bonds. The monoisotopic (exact) mass is 290 g/mol. The molecule has 3 unspecified atom stereocenters. The van der Waals surface area contributed by atoms with Crippen molar-refractivity contribution in [1.82, 2.24) is 5.32 Å². The number of rotatable bonds is 4. The van der Waals surface area contributed by atoms with Gasteiger partial charge in [-0.3, -0.25) is 9.69 Å². The van der Waals surface area contributed by atoms with E-state index in [-0.39, 0.29) is 30.8 Å². The summed E-state index contributed by atoms with van der Waals surface area (Å²) < 4.78 is 5.70. The number of anilines is 1. The molecule has 2 saturated heterocycles. The molecule has 6 heteroatoms. The molecule has 0 aromatic heterocycles. The first-order chi connectivity index (χ1) is 10.1. The summed E-state index contributed by atoms with van der Waals surface area (Å²) in [5, 5.41) is 11.9. The van der Waals surface area contributed by atoms with Gasteiger partial charge in [-0.05, 0) is 31.4 Å². The highest BCUT2D eigenvalue weighted by Crippen LogP contribution is 2.34. The first-order valence-electron chi connectivity index (χ1n) is 7.14. The quantitative estimate of drug-likeness (QED) is 0.883. The molecule has 0 aliphatic carbocycles. The lowest BCUT2D eigenvalue weighted by atomic mass is 9.96. The van der Waals surface area contributed by atoms with Crippen LogP contribution in [-0.4, -0.2) is 41.9 Å². The van der Waals surface area contributed by atoms with E-state index < -0.39 is 5.97 Å². The van der Waals surface area contributed by atoms with E-state index in [1.807, 2.05) is 6.07 Å². The largest absolute Gasteiger partial charge is 0.480 e. The van der Waals surface area contributed by atoms with Gasteiger partial charge in [-0.15, -0.1) is 0 Å². The van der Waals surface area contributed by atoms with Crippen molar-refractivity contribution in [2.45, 2.75) is 37.5 Å². The second-order valence-corrected chi connectivity index (χ2v) is 5.48. The second-order valence-electron chi connectivity index (χ2n) is 5.48. The molecule has 2 fully saturated rings. The number of urea groups is 1. The van der Waals surface area contributed by atoms with Crippen molar-refractivity contribution in [2.24, 2.45) is 0 Å². The Kier molecular flexibility index (Phi) is 3.79. The highest BCUT2D eigenvalue weighted by molar-refractivity contribution is 5.96. The summed E-state index contributed by atoms with van der Waals surface area (Å²) in [5.74, 6) is -1.04. The predicted molar refractivity (Wildman–Crippen MR) is 76.3 cm³/mol. The first kappa shape index (κ1) is 13.9. The van der Waals surface area contributed by atoms with Gasteiger partial charge in [-0.25, -0.2) is 4.79 Å². The Labute approximate surface area is 122 Å². The number of para-hydroxylation sites is 1. The third-order valence-corrected chi connectivity index (χ3v) is 4.02. The van der Waals surface area contributed by atoms with Crippen LogP contribution in [0.5, 0.6) is 0 Å². The summed E-state index contributed by atoms with van der Waals surface area (Å²) in [6.07, 6.45) is 3.13. The lowest BCUT2D eigenvalue weighted by Gasteiger charge is -2.26. The van der Waals surface area contributed by atoms with Gasteiger partial charge in [0.2, 0.25) is 0 Å². The molecule has 2 aliphatic heterocycles. The number of aliphatic carboxylic acids is 1. The number of benzene rings is 1. The predicted octanol–water partition coefficient (Wildman–Crippen LogP) is 1.61. The molecule has 1 aromatic rings. The van der Waals surface area contributed by atoms with Gasteiger partial charge in [0.1, 0.15) is 6.54 Å². The lowest BCUT2D eigenvalue weighted by molar-refractivity contribution is -0.135. The maximum absolute atomic E-state index is 12.4. The molecule has 3 rings (SSSR count). The minimum absolute atomic E-state index is 0.0174. The number of fused-ring (bicyclic) bond motifs is 2. The lowest BCUT2D eigenvalue weighted by Crippen LogP contribution is -2.49. The Morgan fingerprint density at radius 2 is 2.05 bits per heavy atom. The van der Waals surface area contributed by atoms with Gasteiger partial charge < -0.3 is 15.2 Å². The number of ether oxygens (including phenoxy) is 1. The molecule has 0 spiro atoms. The Morgan fingerprint density at radius 3 is 2.62 bits per heavy atom. The smallest absolute Gasteiger partial charge is 0.323 e. The second kappa shape index (κ2) is 5.73. The Morgan fingerprint density at radius 1 is 1.29 bits per heavy atom. The van der Waals surface area contributed by atoms with Crippen molar-refractivity contribution >= 4 is 17.7 Å². The van der Waals surface area contributed by atoms with Crippen molar-refractivity contribution in [3.63, 3.8) is 0 Å². The highest BCUT2D eigenvalue weighted by Gasteiger charge is 2.42. The molecule has 112 valence electrons. The van der Waals surface area contributed by atoms with E-state index >= 15 is 0 Å². The third-order valence-electron chi connectivity index (χ3n) is 4.02. The molecule has 2 bridgehead atoms. The number of amides is 2. The third kappa shape index (κ3) is 3.00. The Bertz CT molecular complexity index is 534. The van der Waals surface area contributed by atoms with Crippen LogP contribution in [0.25, 0.3) is 0 Å². The minimum Gasteiger partial charge on any atom is -0.480 e. The van der Waals surface area contributed by atoms with Crippen LogP contribution in [0.1, 0.15) is 19.3 Å². The zero-order valence-electron chi connectivity index (χ0n) is 11.6.